The van der Waals surface area contributed by atoms with Crippen LogP contribution in [0, 0.1) is 0 Å². The van der Waals surface area contributed by atoms with Crippen molar-refractivity contribution < 1.29 is 4.79 Å². The first-order valence-corrected chi connectivity index (χ1v) is 6.76. The van der Waals surface area contributed by atoms with Gasteiger partial charge < -0.3 is 11.1 Å². The van der Waals surface area contributed by atoms with Gasteiger partial charge in [-0.3, -0.25) is 9.48 Å². The van der Waals surface area contributed by atoms with Gasteiger partial charge in [-0.05, 0) is 24.5 Å². The number of carbonyl (C=O) groups excluding carboxylic acids is 1. The smallest absolute Gasteiger partial charge is 0.224 e. The van der Waals surface area contributed by atoms with Crippen LogP contribution in [0.5, 0.6) is 0 Å². The maximum Gasteiger partial charge on any atom is 0.224 e. The summed E-state index contributed by atoms with van der Waals surface area (Å²) < 4.78 is 1.71. The average Bonchev–Trinajstić information content (AvgIpc) is 2.78. The monoisotopic (exact) mass is 272 g/mol. The van der Waals surface area contributed by atoms with Gasteiger partial charge >= 0.3 is 0 Å². The first-order chi connectivity index (χ1) is 9.60. The third kappa shape index (κ3) is 3.38. The molecule has 0 aliphatic carbocycles. The Morgan fingerprint density at radius 2 is 2.15 bits per heavy atom. The molecule has 1 amide bonds. The fourth-order valence-corrected chi connectivity index (χ4v) is 2.12. The van der Waals surface area contributed by atoms with Crippen molar-refractivity contribution in [1.29, 1.82) is 0 Å². The Hall–Kier alpha value is -2.30. The van der Waals surface area contributed by atoms with E-state index in [-0.39, 0.29) is 5.91 Å². The van der Waals surface area contributed by atoms with E-state index in [2.05, 4.69) is 10.4 Å². The first kappa shape index (κ1) is 14.1. The van der Waals surface area contributed by atoms with Crippen molar-refractivity contribution in [3.63, 3.8) is 0 Å². The molecular weight excluding hydrogens is 252 g/mol. The zero-order valence-electron chi connectivity index (χ0n) is 11.9. The molecule has 2 aromatic rings. The van der Waals surface area contributed by atoms with Gasteiger partial charge in [0.15, 0.2) is 0 Å². The summed E-state index contributed by atoms with van der Waals surface area (Å²) in [5.41, 5.74) is 9.30. The molecule has 0 atom stereocenters. The Morgan fingerprint density at radius 1 is 1.40 bits per heavy atom. The number of aryl methyl sites for hydroxylation is 3. The van der Waals surface area contributed by atoms with E-state index in [0.29, 0.717) is 12.8 Å². The lowest BCUT2D eigenvalue weighted by Gasteiger charge is -2.06. The summed E-state index contributed by atoms with van der Waals surface area (Å²) in [6, 6.07) is 7.62. The second-order valence-electron chi connectivity index (χ2n) is 4.76. The highest BCUT2D eigenvalue weighted by atomic mass is 16.1. The van der Waals surface area contributed by atoms with Crippen LogP contribution >= 0.6 is 0 Å². The molecule has 0 bridgehead atoms. The highest BCUT2D eigenvalue weighted by Gasteiger charge is 2.10. The van der Waals surface area contributed by atoms with Gasteiger partial charge in [-0.25, -0.2) is 0 Å². The number of nitrogens with one attached hydrogen (secondary N) is 1. The predicted molar refractivity (Wildman–Crippen MR) is 80.4 cm³/mol. The third-order valence-electron chi connectivity index (χ3n) is 3.19. The van der Waals surface area contributed by atoms with Crippen LogP contribution in [0.3, 0.4) is 0 Å². The summed E-state index contributed by atoms with van der Waals surface area (Å²) in [7, 11) is 1.85. The van der Waals surface area contributed by atoms with Crippen molar-refractivity contribution in [1.82, 2.24) is 9.78 Å². The number of anilines is 2. The minimum atomic E-state index is -0.0176. The van der Waals surface area contributed by atoms with E-state index in [1.807, 2.05) is 44.4 Å². The molecule has 5 nitrogen and oxygen atoms in total. The summed E-state index contributed by atoms with van der Waals surface area (Å²) in [5.74, 6) is -0.0176. The Bertz CT molecular complexity index is 604. The molecule has 0 aliphatic heterocycles. The molecule has 20 heavy (non-hydrogen) atoms. The minimum absolute atomic E-state index is 0.0176. The highest BCUT2D eigenvalue weighted by molar-refractivity contribution is 5.91. The van der Waals surface area contributed by atoms with Crippen molar-refractivity contribution in [2.24, 2.45) is 7.05 Å². The topological polar surface area (TPSA) is 72.9 Å². The van der Waals surface area contributed by atoms with Gasteiger partial charge in [0, 0.05) is 25.4 Å². The molecule has 2 rings (SSSR count). The van der Waals surface area contributed by atoms with E-state index >= 15 is 0 Å². The van der Waals surface area contributed by atoms with Crippen LogP contribution in [0.25, 0.3) is 0 Å². The van der Waals surface area contributed by atoms with Gasteiger partial charge in [0.2, 0.25) is 5.91 Å². The second kappa shape index (κ2) is 6.23. The molecule has 0 unspecified atom stereocenters. The minimum Gasteiger partial charge on any atom is -0.399 e. The van der Waals surface area contributed by atoms with E-state index in [1.165, 1.54) is 0 Å². The lowest BCUT2D eigenvalue weighted by Crippen LogP contribution is -2.13. The van der Waals surface area contributed by atoms with Crippen LogP contribution in [0.2, 0.25) is 0 Å². The standard InChI is InChI=1S/C15H20N4O/c1-3-13-14(10-19(2)18-13)17-15(20)9-8-11-6-4-5-7-12(11)16/h4-7,10H,3,8-9,16H2,1-2H3,(H,17,20). The number of nitrogens with two attached hydrogens (primary N) is 1. The Kier molecular flexibility index (Phi) is 4.40. The Morgan fingerprint density at radius 3 is 2.85 bits per heavy atom. The Balaban J connectivity index is 1.94. The number of rotatable bonds is 5. The van der Waals surface area contributed by atoms with Crippen LogP contribution in [0.1, 0.15) is 24.6 Å². The molecule has 0 spiro atoms. The number of hydrogen-bond acceptors (Lipinski definition) is 3. The number of aromatic nitrogens is 2. The molecule has 1 aromatic heterocycles. The molecule has 0 saturated carbocycles. The quantitative estimate of drug-likeness (QED) is 0.819. The lowest BCUT2D eigenvalue weighted by atomic mass is 10.1. The van der Waals surface area contributed by atoms with Crippen LogP contribution in [0.4, 0.5) is 11.4 Å². The molecule has 0 fully saturated rings. The maximum atomic E-state index is 12.0. The molecule has 5 heteroatoms. The van der Waals surface area contributed by atoms with Gasteiger partial charge in [0.05, 0.1) is 11.4 Å². The van der Waals surface area contributed by atoms with E-state index < -0.39 is 0 Å². The van der Waals surface area contributed by atoms with Crippen molar-refractivity contribution in [3.05, 3.63) is 41.7 Å². The van der Waals surface area contributed by atoms with Gasteiger partial charge in [-0.15, -0.1) is 0 Å². The molecule has 3 N–H and O–H groups in total. The molecule has 0 aliphatic rings. The zero-order chi connectivity index (χ0) is 14.5. The summed E-state index contributed by atoms with van der Waals surface area (Å²) in [5, 5.41) is 7.21. The fourth-order valence-electron chi connectivity index (χ4n) is 2.12. The SMILES string of the molecule is CCc1nn(C)cc1NC(=O)CCc1ccccc1N. The first-order valence-electron chi connectivity index (χ1n) is 6.76. The zero-order valence-corrected chi connectivity index (χ0v) is 11.9. The van der Waals surface area contributed by atoms with Gasteiger partial charge in [0.1, 0.15) is 0 Å². The van der Waals surface area contributed by atoms with Crippen LogP contribution in [0.15, 0.2) is 30.5 Å². The summed E-state index contributed by atoms with van der Waals surface area (Å²) in [6.07, 6.45) is 3.67. The normalized spacial score (nSPS) is 10.5. The third-order valence-corrected chi connectivity index (χ3v) is 3.19. The number of para-hydroxylation sites is 1. The molecule has 0 radical (unpaired) electrons. The molecule has 1 heterocycles. The van der Waals surface area contributed by atoms with Gasteiger partial charge in [-0.1, -0.05) is 25.1 Å². The average molecular weight is 272 g/mol. The predicted octanol–water partition coefficient (Wildman–Crippen LogP) is 2.14. The maximum absolute atomic E-state index is 12.0. The van der Waals surface area contributed by atoms with Crippen LogP contribution in [-0.2, 0) is 24.7 Å². The number of nitrogens with zero attached hydrogens (tertiary/aromatic N) is 2. The number of nitrogen functional groups attached to an aromatic ring is 1. The number of carbonyl (C=O) groups is 1. The molecule has 0 saturated heterocycles. The van der Waals surface area contributed by atoms with E-state index in [1.54, 1.807) is 4.68 Å². The second-order valence-corrected chi connectivity index (χ2v) is 4.76. The summed E-state index contributed by atoms with van der Waals surface area (Å²) >= 11 is 0. The Labute approximate surface area is 118 Å². The van der Waals surface area contributed by atoms with E-state index in [9.17, 15) is 4.79 Å². The molecular formula is C15H20N4O. The molecule has 106 valence electrons. The fraction of sp³-hybridized carbons (Fsp3) is 0.333. The van der Waals surface area contributed by atoms with Crippen LogP contribution < -0.4 is 11.1 Å². The summed E-state index contributed by atoms with van der Waals surface area (Å²) in [4.78, 5) is 12.0. The number of amides is 1. The van der Waals surface area contributed by atoms with Crippen molar-refractivity contribution in [3.8, 4) is 0 Å². The number of benzene rings is 1. The van der Waals surface area contributed by atoms with Gasteiger partial charge in [0.25, 0.3) is 0 Å². The number of hydrogen-bond donors (Lipinski definition) is 2. The van der Waals surface area contributed by atoms with Crippen molar-refractivity contribution in [2.75, 3.05) is 11.1 Å². The molecule has 1 aromatic carbocycles. The largest absolute Gasteiger partial charge is 0.399 e. The van der Waals surface area contributed by atoms with Crippen LogP contribution in [-0.4, -0.2) is 15.7 Å². The lowest BCUT2D eigenvalue weighted by molar-refractivity contribution is -0.116. The van der Waals surface area contributed by atoms with Crippen molar-refractivity contribution >= 4 is 17.3 Å². The van der Waals surface area contributed by atoms with E-state index in [4.69, 9.17) is 5.73 Å². The summed E-state index contributed by atoms with van der Waals surface area (Å²) in [6.45, 7) is 2.02. The van der Waals surface area contributed by atoms with Crippen molar-refractivity contribution in [2.45, 2.75) is 26.2 Å². The van der Waals surface area contributed by atoms with Gasteiger partial charge in [-0.2, -0.15) is 5.10 Å². The van der Waals surface area contributed by atoms with E-state index in [0.717, 1.165) is 29.1 Å². The highest BCUT2D eigenvalue weighted by Crippen LogP contribution is 2.16.